The topological polar surface area (TPSA) is 58.6 Å². The Morgan fingerprint density at radius 3 is 2.81 bits per heavy atom. The van der Waals surface area contributed by atoms with E-state index in [0.717, 1.165) is 30.8 Å². The lowest BCUT2D eigenvalue weighted by Crippen LogP contribution is -2.56. The van der Waals surface area contributed by atoms with Gasteiger partial charge in [0, 0.05) is 24.9 Å². The Hall–Kier alpha value is -0.260. The fraction of sp³-hybridized carbons (Fsp3) is 0.909. The van der Waals surface area contributed by atoms with E-state index in [-0.39, 0.29) is 18.4 Å². The largest absolute Gasteiger partial charge is 0.394 e. The first-order valence-electron chi connectivity index (χ1n) is 5.84. The van der Waals surface area contributed by atoms with Gasteiger partial charge in [-0.25, -0.2) is 0 Å². The zero-order chi connectivity index (χ0) is 11.4. The maximum Gasteiger partial charge on any atom is 0.224 e. The maximum absolute atomic E-state index is 12.0. The summed E-state index contributed by atoms with van der Waals surface area (Å²) >= 11 is 1.83. The van der Waals surface area contributed by atoms with Crippen LogP contribution in [0.4, 0.5) is 0 Å². The average molecular weight is 245 g/mol. The lowest BCUT2D eigenvalue weighted by molar-refractivity contribution is -0.128. The Balaban J connectivity index is 1.91. The monoisotopic (exact) mass is 245 g/mol. The van der Waals surface area contributed by atoms with Crippen molar-refractivity contribution in [1.29, 1.82) is 0 Å². The highest BCUT2D eigenvalue weighted by molar-refractivity contribution is 7.99. The number of rotatable bonds is 3. The molecule has 0 bridgehead atoms. The Morgan fingerprint density at radius 2 is 2.25 bits per heavy atom. The van der Waals surface area contributed by atoms with Gasteiger partial charge in [0.1, 0.15) is 0 Å². The molecule has 1 amide bonds. The van der Waals surface area contributed by atoms with Gasteiger partial charge in [-0.2, -0.15) is 11.8 Å². The number of nitrogens with one attached hydrogen (secondary N) is 1. The van der Waals surface area contributed by atoms with Crippen molar-refractivity contribution in [3.05, 3.63) is 0 Å². The fourth-order valence-corrected chi connectivity index (χ4v) is 3.41. The van der Waals surface area contributed by atoms with E-state index >= 15 is 0 Å². The van der Waals surface area contributed by atoms with E-state index in [1.807, 2.05) is 11.8 Å². The minimum atomic E-state index is -0.428. The quantitative estimate of drug-likeness (QED) is 0.755. The number of amides is 1. The van der Waals surface area contributed by atoms with Gasteiger partial charge in [-0.1, -0.05) is 0 Å². The molecule has 0 aliphatic carbocycles. The third-order valence-electron chi connectivity index (χ3n) is 3.44. The highest BCUT2D eigenvalue weighted by atomic mass is 32.2. The van der Waals surface area contributed by atoms with Crippen molar-refractivity contribution < 1.29 is 14.6 Å². The van der Waals surface area contributed by atoms with Crippen LogP contribution < -0.4 is 5.32 Å². The summed E-state index contributed by atoms with van der Waals surface area (Å²) in [5, 5.41) is 12.5. The molecule has 2 aliphatic heterocycles. The van der Waals surface area contributed by atoms with E-state index in [1.54, 1.807) is 0 Å². The molecule has 5 heteroatoms. The Morgan fingerprint density at radius 1 is 1.50 bits per heavy atom. The predicted molar refractivity (Wildman–Crippen MR) is 63.4 cm³/mol. The molecule has 2 N–H and O–H groups in total. The molecule has 0 spiro atoms. The average Bonchev–Trinajstić information content (AvgIpc) is 2.84. The van der Waals surface area contributed by atoms with Crippen LogP contribution in [0.25, 0.3) is 0 Å². The third-order valence-corrected chi connectivity index (χ3v) is 4.60. The molecule has 2 saturated heterocycles. The summed E-state index contributed by atoms with van der Waals surface area (Å²) in [5.41, 5.74) is -0.428. The first-order valence-corrected chi connectivity index (χ1v) is 7.00. The predicted octanol–water partition coefficient (Wildman–Crippen LogP) is 0.397. The van der Waals surface area contributed by atoms with Crippen molar-refractivity contribution in [2.45, 2.75) is 24.8 Å². The number of thioether (sulfide) groups is 1. The van der Waals surface area contributed by atoms with Crippen LogP contribution in [0.2, 0.25) is 0 Å². The molecule has 2 rings (SSSR count). The minimum Gasteiger partial charge on any atom is -0.394 e. The van der Waals surface area contributed by atoms with Crippen molar-refractivity contribution in [3.63, 3.8) is 0 Å². The second kappa shape index (κ2) is 5.38. The molecule has 2 heterocycles. The van der Waals surface area contributed by atoms with Crippen molar-refractivity contribution >= 4 is 17.7 Å². The molecule has 92 valence electrons. The molecular weight excluding hydrogens is 226 g/mol. The molecular formula is C11H19NO3S. The van der Waals surface area contributed by atoms with E-state index in [4.69, 9.17) is 4.74 Å². The summed E-state index contributed by atoms with van der Waals surface area (Å²) in [6.07, 6.45) is 2.40. The minimum absolute atomic E-state index is 0.0158. The van der Waals surface area contributed by atoms with Gasteiger partial charge in [0.05, 0.1) is 12.1 Å². The molecule has 0 aromatic carbocycles. The highest BCUT2D eigenvalue weighted by Gasteiger charge is 2.35. The standard InChI is InChI=1S/C11H19NO3S/c13-8-11(2-4-15-5-3-11)12-10(14)9-1-6-16-7-9/h9,13H,1-8H2,(H,12,14). The summed E-state index contributed by atoms with van der Waals surface area (Å²) in [6.45, 7) is 1.27. The molecule has 1 unspecified atom stereocenters. The lowest BCUT2D eigenvalue weighted by atomic mass is 9.90. The summed E-state index contributed by atoms with van der Waals surface area (Å²) in [5.74, 6) is 2.24. The van der Waals surface area contributed by atoms with Gasteiger partial charge >= 0.3 is 0 Å². The van der Waals surface area contributed by atoms with Crippen LogP contribution in [0.5, 0.6) is 0 Å². The van der Waals surface area contributed by atoms with Gasteiger partial charge in [-0.15, -0.1) is 0 Å². The summed E-state index contributed by atoms with van der Waals surface area (Å²) in [7, 11) is 0. The number of hydrogen-bond acceptors (Lipinski definition) is 4. The van der Waals surface area contributed by atoms with Gasteiger partial charge in [-0.05, 0) is 25.0 Å². The molecule has 0 radical (unpaired) electrons. The van der Waals surface area contributed by atoms with Crippen LogP contribution in [0.1, 0.15) is 19.3 Å². The van der Waals surface area contributed by atoms with Gasteiger partial charge in [-0.3, -0.25) is 4.79 Å². The van der Waals surface area contributed by atoms with Crippen LogP contribution >= 0.6 is 11.8 Å². The first-order chi connectivity index (χ1) is 7.76. The number of aliphatic hydroxyl groups excluding tert-OH is 1. The van der Waals surface area contributed by atoms with Gasteiger partial charge in [0.2, 0.25) is 5.91 Å². The van der Waals surface area contributed by atoms with Crippen molar-refractivity contribution in [3.8, 4) is 0 Å². The number of aliphatic hydroxyl groups is 1. The van der Waals surface area contributed by atoms with Crippen LogP contribution in [0.15, 0.2) is 0 Å². The molecule has 0 saturated carbocycles. The number of ether oxygens (including phenoxy) is 1. The van der Waals surface area contributed by atoms with E-state index in [0.29, 0.717) is 13.2 Å². The summed E-state index contributed by atoms with van der Waals surface area (Å²) in [6, 6.07) is 0. The third kappa shape index (κ3) is 2.70. The molecule has 4 nitrogen and oxygen atoms in total. The molecule has 2 aliphatic rings. The van der Waals surface area contributed by atoms with E-state index in [1.165, 1.54) is 0 Å². The molecule has 1 atom stereocenters. The lowest BCUT2D eigenvalue weighted by Gasteiger charge is -2.37. The van der Waals surface area contributed by atoms with E-state index in [2.05, 4.69) is 5.32 Å². The highest BCUT2D eigenvalue weighted by Crippen LogP contribution is 2.26. The van der Waals surface area contributed by atoms with Gasteiger partial charge in [0.25, 0.3) is 0 Å². The molecule has 2 fully saturated rings. The van der Waals surface area contributed by atoms with Crippen LogP contribution in [-0.4, -0.2) is 47.9 Å². The molecule has 0 aromatic heterocycles. The number of hydrogen-bond donors (Lipinski definition) is 2. The zero-order valence-corrected chi connectivity index (χ0v) is 10.2. The normalized spacial score (nSPS) is 28.9. The van der Waals surface area contributed by atoms with Crippen molar-refractivity contribution in [2.24, 2.45) is 5.92 Å². The number of carbonyl (C=O) groups excluding carboxylic acids is 1. The second-order valence-electron chi connectivity index (χ2n) is 4.60. The smallest absolute Gasteiger partial charge is 0.224 e. The maximum atomic E-state index is 12.0. The van der Waals surface area contributed by atoms with Crippen LogP contribution in [0, 0.1) is 5.92 Å². The fourth-order valence-electron chi connectivity index (χ4n) is 2.19. The Labute approximate surface area is 100 Å². The zero-order valence-electron chi connectivity index (χ0n) is 9.41. The van der Waals surface area contributed by atoms with Crippen molar-refractivity contribution in [2.75, 3.05) is 31.3 Å². The summed E-state index contributed by atoms with van der Waals surface area (Å²) in [4.78, 5) is 12.0. The SMILES string of the molecule is O=C(NC1(CO)CCOCC1)C1CCSC1. The molecule has 0 aromatic rings. The van der Waals surface area contributed by atoms with Crippen LogP contribution in [0.3, 0.4) is 0 Å². The van der Waals surface area contributed by atoms with Crippen LogP contribution in [-0.2, 0) is 9.53 Å². The van der Waals surface area contributed by atoms with Gasteiger partial charge < -0.3 is 15.2 Å². The second-order valence-corrected chi connectivity index (χ2v) is 5.75. The Kier molecular flexibility index (Phi) is 4.10. The van der Waals surface area contributed by atoms with Crippen molar-refractivity contribution in [1.82, 2.24) is 5.32 Å². The molecule has 16 heavy (non-hydrogen) atoms. The number of carbonyl (C=O) groups is 1. The van der Waals surface area contributed by atoms with E-state index < -0.39 is 5.54 Å². The van der Waals surface area contributed by atoms with E-state index in [9.17, 15) is 9.90 Å². The summed E-state index contributed by atoms with van der Waals surface area (Å²) < 4.78 is 5.27. The first kappa shape index (κ1) is 12.2. The van der Waals surface area contributed by atoms with Gasteiger partial charge in [0.15, 0.2) is 0 Å². The Bertz CT molecular complexity index is 248.